The minimum Gasteiger partial charge on any atom is -0.322 e. The van der Waals surface area contributed by atoms with Crippen LogP contribution in [-0.4, -0.2) is 15.7 Å². The summed E-state index contributed by atoms with van der Waals surface area (Å²) in [5.41, 5.74) is -0.602. The quantitative estimate of drug-likeness (QED) is 0.815. The third kappa shape index (κ3) is 3.53. The lowest BCUT2D eigenvalue weighted by atomic mass is 10.2. The highest BCUT2D eigenvalue weighted by atomic mass is 35.5. The van der Waals surface area contributed by atoms with Crippen LogP contribution in [0.5, 0.6) is 0 Å². The van der Waals surface area contributed by atoms with Gasteiger partial charge in [-0.2, -0.15) is 18.3 Å². The van der Waals surface area contributed by atoms with Gasteiger partial charge in [0.2, 0.25) is 5.91 Å². The molecule has 2 rings (SSSR count). The molecule has 1 aromatic carbocycles. The molecule has 1 N–H and O–H groups in total. The molecule has 24 heavy (non-hydrogen) atoms. The maximum atomic E-state index is 13.7. The summed E-state index contributed by atoms with van der Waals surface area (Å²) < 4.78 is 53.1. The Morgan fingerprint density at radius 3 is 2.50 bits per heavy atom. The van der Waals surface area contributed by atoms with Crippen LogP contribution in [0.2, 0.25) is 5.02 Å². The Morgan fingerprint density at radius 1 is 1.33 bits per heavy atom. The lowest BCUT2D eigenvalue weighted by Gasteiger charge is -2.15. The van der Waals surface area contributed by atoms with E-state index in [0.29, 0.717) is 0 Å². The number of rotatable bonds is 3. The normalized spacial score (nSPS) is 13.0. The first-order chi connectivity index (χ1) is 11.0. The molecule has 0 spiro atoms. The van der Waals surface area contributed by atoms with Crippen molar-refractivity contribution in [3.63, 3.8) is 0 Å². The first-order valence-electron chi connectivity index (χ1n) is 6.91. The van der Waals surface area contributed by atoms with Crippen molar-refractivity contribution in [2.75, 3.05) is 5.32 Å². The second-order valence-electron chi connectivity index (χ2n) is 5.34. The Morgan fingerprint density at radius 2 is 1.96 bits per heavy atom. The van der Waals surface area contributed by atoms with Crippen molar-refractivity contribution >= 4 is 23.2 Å². The number of benzene rings is 1. The molecule has 0 fully saturated rings. The van der Waals surface area contributed by atoms with Gasteiger partial charge in [-0.1, -0.05) is 17.7 Å². The van der Waals surface area contributed by atoms with E-state index in [0.717, 1.165) is 10.2 Å². The summed E-state index contributed by atoms with van der Waals surface area (Å²) in [4.78, 5) is 12.2. The van der Waals surface area contributed by atoms with E-state index in [9.17, 15) is 22.4 Å². The van der Waals surface area contributed by atoms with Gasteiger partial charge in [0.1, 0.15) is 11.9 Å². The SMILES string of the molecule is Cc1ccc(F)c(NC(=O)C(C)n2nc(C(F)(F)F)c(Cl)c2C)c1. The first-order valence-corrected chi connectivity index (χ1v) is 7.29. The van der Waals surface area contributed by atoms with Gasteiger partial charge in [-0.15, -0.1) is 0 Å². The minimum atomic E-state index is -4.73. The van der Waals surface area contributed by atoms with Crippen LogP contribution in [0.3, 0.4) is 0 Å². The van der Waals surface area contributed by atoms with Crippen molar-refractivity contribution in [1.29, 1.82) is 0 Å². The topological polar surface area (TPSA) is 46.9 Å². The number of nitrogens with zero attached hydrogens (tertiary/aromatic N) is 2. The van der Waals surface area contributed by atoms with Gasteiger partial charge in [0.15, 0.2) is 5.69 Å². The molecule has 0 saturated carbocycles. The van der Waals surface area contributed by atoms with Crippen molar-refractivity contribution in [2.45, 2.75) is 33.0 Å². The highest BCUT2D eigenvalue weighted by Crippen LogP contribution is 2.36. The lowest BCUT2D eigenvalue weighted by molar-refractivity contribution is -0.141. The molecular formula is C15H14ClF4N3O. The molecule has 2 aromatic rings. The fraction of sp³-hybridized carbons (Fsp3) is 0.333. The number of anilines is 1. The summed E-state index contributed by atoms with van der Waals surface area (Å²) in [7, 11) is 0. The van der Waals surface area contributed by atoms with Crippen molar-refractivity contribution in [3.8, 4) is 0 Å². The number of amides is 1. The van der Waals surface area contributed by atoms with E-state index < -0.39 is 34.7 Å². The summed E-state index contributed by atoms with van der Waals surface area (Å²) >= 11 is 5.66. The second-order valence-corrected chi connectivity index (χ2v) is 5.72. The molecule has 1 heterocycles. The highest BCUT2D eigenvalue weighted by Gasteiger charge is 2.39. The third-order valence-electron chi connectivity index (χ3n) is 3.47. The maximum absolute atomic E-state index is 13.7. The van der Waals surface area contributed by atoms with Gasteiger partial charge < -0.3 is 5.32 Å². The largest absolute Gasteiger partial charge is 0.436 e. The number of carbonyl (C=O) groups is 1. The van der Waals surface area contributed by atoms with Gasteiger partial charge in [-0.05, 0) is 38.5 Å². The van der Waals surface area contributed by atoms with E-state index in [1.165, 1.54) is 32.0 Å². The average molecular weight is 364 g/mol. The lowest BCUT2D eigenvalue weighted by Crippen LogP contribution is -2.26. The zero-order chi connectivity index (χ0) is 18.2. The number of hydrogen-bond donors (Lipinski definition) is 1. The molecular weight excluding hydrogens is 350 g/mol. The number of halogens is 5. The van der Waals surface area contributed by atoms with Crippen LogP contribution in [0.15, 0.2) is 18.2 Å². The molecule has 0 saturated heterocycles. The molecule has 1 unspecified atom stereocenters. The van der Waals surface area contributed by atoms with E-state index in [2.05, 4.69) is 10.4 Å². The molecule has 1 atom stereocenters. The monoisotopic (exact) mass is 363 g/mol. The molecule has 0 radical (unpaired) electrons. The van der Waals surface area contributed by atoms with Crippen LogP contribution < -0.4 is 5.32 Å². The van der Waals surface area contributed by atoms with Gasteiger partial charge in [-0.25, -0.2) is 4.39 Å². The highest BCUT2D eigenvalue weighted by molar-refractivity contribution is 6.32. The molecule has 0 aliphatic carbocycles. The molecule has 0 aliphatic heterocycles. The summed E-state index contributed by atoms with van der Waals surface area (Å²) in [5, 5.41) is 5.17. The fourth-order valence-electron chi connectivity index (χ4n) is 2.14. The van der Waals surface area contributed by atoms with Crippen molar-refractivity contribution in [2.24, 2.45) is 0 Å². The summed E-state index contributed by atoms with van der Waals surface area (Å²) in [6.07, 6.45) is -4.73. The third-order valence-corrected chi connectivity index (χ3v) is 3.92. The molecule has 0 aliphatic rings. The predicted molar refractivity (Wildman–Crippen MR) is 81.5 cm³/mol. The number of aryl methyl sites for hydroxylation is 1. The van der Waals surface area contributed by atoms with Crippen LogP contribution in [-0.2, 0) is 11.0 Å². The Kier molecular flexibility index (Phi) is 4.89. The van der Waals surface area contributed by atoms with E-state index in [-0.39, 0.29) is 11.4 Å². The van der Waals surface area contributed by atoms with Gasteiger partial charge in [0.05, 0.1) is 16.4 Å². The molecule has 1 aromatic heterocycles. The Labute approximate surface area is 140 Å². The summed E-state index contributed by atoms with van der Waals surface area (Å²) in [6.45, 7) is 4.38. The van der Waals surface area contributed by atoms with Crippen molar-refractivity contribution < 1.29 is 22.4 Å². The average Bonchev–Trinajstić information content (AvgIpc) is 2.78. The summed E-state index contributed by atoms with van der Waals surface area (Å²) in [5.74, 6) is -1.36. The minimum absolute atomic E-state index is 0.00337. The zero-order valence-corrected chi connectivity index (χ0v) is 13.8. The van der Waals surface area contributed by atoms with E-state index in [1.54, 1.807) is 6.92 Å². The maximum Gasteiger partial charge on any atom is 0.436 e. The Bertz CT molecular complexity index is 786. The number of alkyl halides is 3. The second kappa shape index (κ2) is 6.43. The van der Waals surface area contributed by atoms with Crippen LogP contribution in [0, 0.1) is 19.7 Å². The van der Waals surface area contributed by atoms with Crippen molar-refractivity contribution in [3.05, 3.63) is 46.0 Å². The van der Waals surface area contributed by atoms with Gasteiger partial charge in [0.25, 0.3) is 0 Å². The van der Waals surface area contributed by atoms with Crippen LogP contribution in [0.1, 0.15) is 29.9 Å². The number of hydrogen-bond acceptors (Lipinski definition) is 2. The summed E-state index contributed by atoms with van der Waals surface area (Å²) in [6, 6.07) is 3.03. The Hall–Kier alpha value is -2.09. The fourth-order valence-corrected chi connectivity index (χ4v) is 2.37. The molecule has 0 bridgehead atoms. The molecule has 1 amide bonds. The number of carbonyl (C=O) groups excluding carboxylic acids is 1. The van der Waals surface area contributed by atoms with E-state index in [4.69, 9.17) is 11.6 Å². The molecule has 9 heteroatoms. The van der Waals surface area contributed by atoms with E-state index >= 15 is 0 Å². The van der Waals surface area contributed by atoms with Crippen molar-refractivity contribution in [1.82, 2.24) is 9.78 Å². The molecule has 130 valence electrons. The smallest absolute Gasteiger partial charge is 0.322 e. The van der Waals surface area contributed by atoms with Gasteiger partial charge in [0, 0.05) is 0 Å². The van der Waals surface area contributed by atoms with Crippen LogP contribution in [0.25, 0.3) is 0 Å². The predicted octanol–water partition coefficient (Wildman–Crippen LogP) is 4.51. The van der Waals surface area contributed by atoms with Crippen LogP contribution in [0.4, 0.5) is 23.2 Å². The van der Waals surface area contributed by atoms with Gasteiger partial charge >= 0.3 is 6.18 Å². The number of nitrogens with one attached hydrogen (secondary N) is 1. The molecule has 4 nitrogen and oxygen atoms in total. The zero-order valence-electron chi connectivity index (χ0n) is 13.0. The Balaban J connectivity index is 2.30. The van der Waals surface area contributed by atoms with Crippen LogP contribution >= 0.6 is 11.6 Å². The van der Waals surface area contributed by atoms with Gasteiger partial charge in [-0.3, -0.25) is 9.48 Å². The van der Waals surface area contributed by atoms with E-state index in [1.807, 2.05) is 0 Å². The standard InChI is InChI=1S/C15H14ClF4N3O/c1-7-4-5-10(17)11(6-7)21-14(24)9(3)23-8(2)12(16)13(22-23)15(18,19)20/h4-6,9H,1-3H3,(H,21,24). The number of aromatic nitrogens is 2. The first kappa shape index (κ1) is 18.3.